The summed E-state index contributed by atoms with van der Waals surface area (Å²) in [6.45, 7) is 4.20. The molecule has 0 radical (unpaired) electrons. The second-order valence-electron chi connectivity index (χ2n) is 4.32. The summed E-state index contributed by atoms with van der Waals surface area (Å²) in [5.74, 6) is -0.492. The monoisotopic (exact) mass is 251 g/mol. The van der Waals surface area contributed by atoms with Crippen LogP contribution in [0, 0.1) is 5.92 Å². The molecule has 0 unspecified atom stereocenters. The van der Waals surface area contributed by atoms with Crippen LogP contribution >= 0.6 is 0 Å². The van der Waals surface area contributed by atoms with Crippen LogP contribution in [-0.2, 0) is 9.53 Å². The molecule has 0 aliphatic rings. The van der Waals surface area contributed by atoms with E-state index in [9.17, 15) is 9.59 Å². The average Bonchev–Trinajstić information content (AvgIpc) is 2.34. The van der Waals surface area contributed by atoms with Gasteiger partial charge in [0.1, 0.15) is 5.75 Å². The zero-order chi connectivity index (χ0) is 13.5. The summed E-state index contributed by atoms with van der Waals surface area (Å²) in [6, 6.07) is 5.64. The molecule has 0 heterocycles. The normalized spacial score (nSPS) is 10.2. The highest BCUT2D eigenvalue weighted by Crippen LogP contribution is 2.10. The van der Waals surface area contributed by atoms with Gasteiger partial charge >= 0.3 is 5.97 Å². The van der Waals surface area contributed by atoms with E-state index < -0.39 is 5.97 Å². The molecule has 0 saturated heterocycles. The summed E-state index contributed by atoms with van der Waals surface area (Å²) >= 11 is 0. The van der Waals surface area contributed by atoms with Gasteiger partial charge in [-0.1, -0.05) is 13.8 Å². The van der Waals surface area contributed by atoms with Gasteiger partial charge in [-0.3, -0.25) is 4.79 Å². The Morgan fingerprint density at radius 1 is 1.28 bits per heavy atom. The number of hydrogen-bond acceptors (Lipinski definition) is 4. The molecule has 5 nitrogen and oxygen atoms in total. The van der Waals surface area contributed by atoms with Gasteiger partial charge in [-0.2, -0.15) is 0 Å². The predicted octanol–water partition coefficient (Wildman–Crippen LogP) is 1.32. The maximum atomic E-state index is 11.5. The van der Waals surface area contributed by atoms with Crippen LogP contribution in [0.4, 0.5) is 0 Å². The van der Waals surface area contributed by atoms with Crippen LogP contribution in [0.2, 0.25) is 0 Å². The van der Waals surface area contributed by atoms with Gasteiger partial charge in [-0.05, 0) is 30.2 Å². The molecular weight excluding hydrogens is 234 g/mol. The van der Waals surface area contributed by atoms with Crippen molar-refractivity contribution in [3.8, 4) is 5.75 Å². The van der Waals surface area contributed by atoms with Crippen molar-refractivity contribution in [2.45, 2.75) is 13.8 Å². The number of aromatic hydroxyl groups is 1. The minimum Gasteiger partial charge on any atom is -0.508 e. The molecule has 0 aromatic heterocycles. The number of ether oxygens (including phenoxy) is 1. The number of rotatable bonds is 5. The molecule has 0 aliphatic heterocycles. The molecule has 2 N–H and O–H groups in total. The lowest BCUT2D eigenvalue weighted by Gasteiger charge is -2.08. The summed E-state index contributed by atoms with van der Waals surface area (Å²) in [5.41, 5.74) is 0.296. The lowest BCUT2D eigenvalue weighted by Crippen LogP contribution is -2.31. The maximum absolute atomic E-state index is 11.5. The van der Waals surface area contributed by atoms with E-state index in [0.717, 1.165) is 0 Å². The molecule has 0 atom stereocenters. The van der Waals surface area contributed by atoms with Crippen LogP contribution in [0.25, 0.3) is 0 Å². The Bertz CT molecular complexity index is 412. The van der Waals surface area contributed by atoms with Crippen LogP contribution in [-0.4, -0.2) is 30.1 Å². The molecule has 0 fully saturated rings. The Labute approximate surface area is 106 Å². The first kappa shape index (κ1) is 14.0. The highest BCUT2D eigenvalue weighted by atomic mass is 16.5. The zero-order valence-corrected chi connectivity index (χ0v) is 10.5. The fourth-order valence-electron chi connectivity index (χ4n) is 1.18. The highest BCUT2D eigenvalue weighted by molar-refractivity contribution is 5.91. The minimum atomic E-state index is -0.588. The molecule has 0 spiro atoms. The third-order valence-electron chi connectivity index (χ3n) is 2.14. The van der Waals surface area contributed by atoms with E-state index >= 15 is 0 Å². The smallest absolute Gasteiger partial charge is 0.338 e. The molecule has 1 aromatic rings. The largest absolute Gasteiger partial charge is 0.508 e. The summed E-state index contributed by atoms with van der Waals surface area (Å²) in [4.78, 5) is 22.8. The SMILES string of the molecule is CC(C)CNC(=O)COC(=O)c1ccc(O)cc1. The Balaban J connectivity index is 2.37. The van der Waals surface area contributed by atoms with Gasteiger partial charge in [0.2, 0.25) is 0 Å². The third kappa shape index (κ3) is 4.86. The van der Waals surface area contributed by atoms with E-state index in [1.807, 2.05) is 13.8 Å². The van der Waals surface area contributed by atoms with Gasteiger partial charge in [0.15, 0.2) is 6.61 Å². The number of phenolic OH excluding ortho intramolecular Hbond substituents is 1. The lowest BCUT2D eigenvalue weighted by atomic mass is 10.2. The average molecular weight is 251 g/mol. The first-order chi connectivity index (χ1) is 8.49. The Kier molecular flexibility index (Phi) is 5.17. The molecule has 0 saturated carbocycles. The fraction of sp³-hybridized carbons (Fsp3) is 0.385. The van der Waals surface area contributed by atoms with E-state index in [1.165, 1.54) is 24.3 Å². The first-order valence-electron chi connectivity index (χ1n) is 5.72. The quantitative estimate of drug-likeness (QED) is 0.774. The molecule has 1 aromatic carbocycles. The number of nitrogens with one attached hydrogen (secondary N) is 1. The van der Waals surface area contributed by atoms with Crippen molar-refractivity contribution < 1.29 is 19.4 Å². The van der Waals surface area contributed by atoms with Crippen LogP contribution in [0.3, 0.4) is 0 Å². The van der Waals surface area contributed by atoms with Crippen LogP contribution < -0.4 is 5.32 Å². The fourth-order valence-corrected chi connectivity index (χ4v) is 1.18. The number of esters is 1. The number of carbonyl (C=O) groups excluding carboxylic acids is 2. The van der Waals surface area contributed by atoms with Crippen LogP contribution in [0.1, 0.15) is 24.2 Å². The number of amides is 1. The molecule has 1 amide bonds. The molecule has 5 heteroatoms. The van der Waals surface area contributed by atoms with Gasteiger partial charge in [0.05, 0.1) is 5.56 Å². The van der Waals surface area contributed by atoms with Crippen LogP contribution in [0.15, 0.2) is 24.3 Å². The van der Waals surface area contributed by atoms with Crippen molar-refractivity contribution in [2.75, 3.05) is 13.2 Å². The Morgan fingerprint density at radius 3 is 2.44 bits per heavy atom. The molecule has 0 aliphatic carbocycles. The van der Waals surface area contributed by atoms with E-state index in [2.05, 4.69) is 5.32 Å². The molecule has 0 bridgehead atoms. The van der Waals surface area contributed by atoms with Crippen molar-refractivity contribution in [3.05, 3.63) is 29.8 Å². The second kappa shape index (κ2) is 6.64. The van der Waals surface area contributed by atoms with Crippen molar-refractivity contribution >= 4 is 11.9 Å². The van der Waals surface area contributed by atoms with Gasteiger partial charge in [0.25, 0.3) is 5.91 Å². The molecule has 98 valence electrons. The first-order valence-corrected chi connectivity index (χ1v) is 5.72. The maximum Gasteiger partial charge on any atom is 0.338 e. The highest BCUT2D eigenvalue weighted by Gasteiger charge is 2.10. The minimum absolute atomic E-state index is 0.0706. The Hall–Kier alpha value is -2.04. The molecular formula is C13H17NO4. The predicted molar refractivity (Wildman–Crippen MR) is 66.2 cm³/mol. The number of phenols is 1. The van der Waals surface area contributed by atoms with Crippen molar-refractivity contribution in [3.63, 3.8) is 0 Å². The van der Waals surface area contributed by atoms with E-state index in [4.69, 9.17) is 9.84 Å². The van der Waals surface area contributed by atoms with Gasteiger partial charge in [-0.15, -0.1) is 0 Å². The number of benzene rings is 1. The molecule has 18 heavy (non-hydrogen) atoms. The second-order valence-corrected chi connectivity index (χ2v) is 4.32. The summed E-state index contributed by atoms with van der Waals surface area (Å²) in [7, 11) is 0. The zero-order valence-electron chi connectivity index (χ0n) is 10.5. The number of hydrogen-bond donors (Lipinski definition) is 2. The standard InChI is InChI=1S/C13H17NO4/c1-9(2)7-14-12(16)8-18-13(17)10-3-5-11(15)6-4-10/h3-6,9,15H,7-8H2,1-2H3,(H,14,16). The van der Waals surface area contributed by atoms with Gasteiger partial charge < -0.3 is 15.2 Å². The van der Waals surface area contributed by atoms with E-state index in [0.29, 0.717) is 18.0 Å². The van der Waals surface area contributed by atoms with Crippen molar-refractivity contribution in [2.24, 2.45) is 5.92 Å². The van der Waals surface area contributed by atoms with Crippen molar-refractivity contribution in [1.29, 1.82) is 0 Å². The number of carbonyl (C=O) groups is 2. The third-order valence-corrected chi connectivity index (χ3v) is 2.14. The van der Waals surface area contributed by atoms with Gasteiger partial charge in [0, 0.05) is 6.54 Å². The van der Waals surface area contributed by atoms with Crippen molar-refractivity contribution in [1.82, 2.24) is 5.32 Å². The van der Waals surface area contributed by atoms with Crippen LogP contribution in [0.5, 0.6) is 5.75 Å². The Morgan fingerprint density at radius 2 is 1.89 bits per heavy atom. The summed E-state index contributed by atoms with van der Waals surface area (Å²) < 4.78 is 4.83. The van der Waals surface area contributed by atoms with Gasteiger partial charge in [-0.25, -0.2) is 4.79 Å². The summed E-state index contributed by atoms with van der Waals surface area (Å²) in [5, 5.41) is 11.7. The lowest BCUT2D eigenvalue weighted by molar-refractivity contribution is -0.124. The topological polar surface area (TPSA) is 75.6 Å². The molecule has 1 rings (SSSR count). The summed E-state index contributed by atoms with van der Waals surface area (Å²) in [6.07, 6.45) is 0. The van der Waals surface area contributed by atoms with E-state index in [-0.39, 0.29) is 18.3 Å². The van der Waals surface area contributed by atoms with E-state index in [1.54, 1.807) is 0 Å².